The summed E-state index contributed by atoms with van der Waals surface area (Å²) < 4.78 is 11.1. The molecule has 0 unspecified atom stereocenters. The molecule has 3 atom stereocenters. The van der Waals surface area contributed by atoms with Crippen LogP contribution in [0.15, 0.2) is 22.8 Å². The lowest BCUT2D eigenvalue weighted by molar-refractivity contribution is -0.143. The molecule has 6 nitrogen and oxygen atoms in total. The number of carbonyl (C=O) groups is 2. The van der Waals surface area contributed by atoms with Crippen molar-refractivity contribution in [3.05, 3.63) is 24.2 Å². The standard InChI is InChI=1S/C19H29ClN2O4/c1-4-14(2)22(19(24)15(3)20)13-18(23)21(11-16-7-5-9-25-16)12-17-8-6-10-26-17/h5,7,9,14-15,17H,4,6,8,10-13H2,1-3H3/t14-,15+,17+/m0/s1. The topological polar surface area (TPSA) is 63.0 Å². The van der Waals surface area contributed by atoms with Crippen LogP contribution in [-0.2, 0) is 20.9 Å². The van der Waals surface area contributed by atoms with Gasteiger partial charge in [-0.05, 0) is 45.2 Å². The average molecular weight is 385 g/mol. The van der Waals surface area contributed by atoms with E-state index < -0.39 is 5.38 Å². The Labute approximate surface area is 160 Å². The van der Waals surface area contributed by atoms with E-state index in [2.05, 4.69) is 0 Å². The summed E-state index contributed by atoms with van der Waals surface area (Å²) in [5.74, 6) is 0.371. The third kappa shape index (κ3) is 5.74. The number of hydrogen-bond donors (Lipinski definition) is 0. The van der Waals surface area contributed by atoms with Gasteiger partial charge in [0.1, 0.15) is 17.7 Å². The van der Waals surface area contributed by atoms with E-state index in [0.29, 0.717) is 18.8 Å². The monoisotopic (exact) mass is 384 g/mol. The van der Waals surface area contributed by atoms with Gasteiger partial charge in [0, 0.05) is 19.2 Å². The summed E-state index contributed by atoms with van der Waals surface area (Å²) in [7, 11) is 0. The molecular weight excluding hydrogens is 356 g/mol. The molecule has 0 spiro atoms. The van der Waals surface area contributed by atoms with Gasteiger partial charge in [0.25, 0.3) is 0 Å². The van der Waals surface area contributed by atoms with Crippen molar-refractivity contribution >= 4 is 23.4 Å². The van der Waals surface area contributed by atoms with Crippen LogP contribution in [0.3, 0.4) is 0 Å². The minimum atomic E-state index is -0.659. The first-order valence-electron chi connectivity index (χ1n) is 9.28. The number of ether oxygens (including phenoxy) is 1. The Kier molecular flexibility index (Phi) is 7.97. The van der Waals surface area contributed by atoms with Crippen molar-refractivity contribution in [2.45, 2.75) is 64.1 Å². The van der Waals surface area contributed by atoms with Crippen molar-refractivity contribution in [1.29, 1.82) is 0 Å². The van der Waals surface area contributed by atoms with Crippen LogP contribution < -0.4 is 0 Å². The fraction of sp³-hybridized carbons (Fsp3) is 0.684. The minimum absolute atomic E-state index is 0.0122. The highest BCUT2D eigenvalue weighted by atomic mass is 35.5. The first kappa shape index (κ1) is 20.8. The molecule has 0 N–H and O–H groups in total. The summed E-state index contributed by atoms with van der Waals surface area (Å²) >= 11 is 5.99. The van der Waals surface area contributed by atoms with Crippen molar-refractivity contribution in [1.82, 2.24) is 9.80 Å². The van der Waals surface area contributed by atoms with Gasteiger partial charge < -0.3 is 19.0 Å². The third-order valence-corrected chi connectivity index (χ3v) is 4.97. The molecule has 1 aromatic rings. The zero-order valence-electron chi connectivity index (χ0n) is 15.8. The maximum Gasteiger partial charge on any atom is 0.242 e. The van der Waals surface area contributed by atoms with Crippen LogP contribution in [0.4, 0.5) is 0 Å². The fourth-order valence-electron chi connectivity index (χ4n) is 3.02. The van der Waals surface area contributed by atoms with Gasteiger partial charge in [-0.25, -0.2) is 0 Å². The summed E-state index contributed by atoms with van der Waals surface area (Å²) in [5, 5.41) is -0.659. The van der Waals surface area contributed by atoms with E-state index in [1.165, 1.54) is 0 Å². The first-order chi connectivity index (χ1) is 12.4. The highest BCUT2D eigenvalue weighted by molar-refractivity contribution is 6.30. The number of carbonyl (C=O) groups excluding carboxylic acids is 2. The Morgan fingerprint density at radius 2 is 2.15 bits per heavy atom. The molecule has 2 rings (SSSR count). The van der Waals surface area contributed by atoms with E-state index in [0.717, 1.165) is 25.9 Å². The number of nitrogens with zero attached hydrogens (tertiary/aromatic N) is 2. The molecule has 2 heterocycles. The quantitative estimate of drug-likeness (QED) is 0.614. The molecule has 0 saturated carbocycles. The van der Waals surface area contributed by atoms with Crippen LogP contribution in [0, 0.1) is 0 Å². The van der Waals surface area contributed by atoms with Gasteiger partial charge in [-0.2, -0.15) is 0 Å². The Hall–Kier alpha value is -1.53. The smallest absolute Gasteiger partial charge is 0.242 e. The summed E-state index contributed by atoms with van der Waals surface area (Å²) in [4.78, 5) is 28.7. The Balaban J connectivity index is 2.10. The number of alkyl halides is 1. The average Bonchev–Trinajstić information content (AvgIpc) is 3.31. The normalized spacial score (nSPS) is 19.2. The Bertz CT molecular complexity index is 570. The number of rotatable bonds is 9. The fourth-order valence-corrected chi connectivity index (χ4v) is 3.15. The highest BCUT2D eigenvalue weighted by Crippen LogP contribution is 2.17. The van der Waals surface area contributed by atoms with Crippen molar-refractivity contribution in [3.8, 4) is 0 Å². The van der Waals surface area contributed by atoms with Gasteiger partial charge in [-0.3, -0.25) is 9.59 Å². The van der Waals surface area contributed by atoms with Crippen molar-refractivity contribution < 1.29 is 18.7 Å². The lowest BCUT2D eigenvalue weighted by Crippen LogP contribution is -2.49. The SMILES string of the molecule is CC[C@H](C)N(CC(=O)N(Cc1ccco1)C[C@H]1CCCO1)C(=O)[C@@H](C)Cl. The molecule has 2 amide bonds. The molecule has 1 aromatic heterocycles. The number of furan rings is 1. The number of amides is 2. The largest absolute Gasteiger partial charge is 0.467 e. The first-order valence-corrected chi connectivity index (χ1v) is 9.72. The molecule has 0 aliphatic carbocycles. The molecule has 0 bridgehead atoms. The Morgan fingerprint density at radius 1 is 1.38 bits per heavy atom. The molecule has 1 aliphatic heterocycles. The van der Waals surface area contributed by atoms with Crippen molar-refractivity contribution in [2.75, 3.05) is 19.7 Å². The molecule has 1 saturated heterocycles. The van der Waals surface area contributed by atoms with Gasteiger partial charge in [-0.15, -0.1) is 11.6 Å². The lowest BCUT2D eigenvalue weighted by atomic mass is 10.2. The molecule has 1 fully saturated rings. The molecule has 0 radical (unpaired) electrons. The van der Waals surface area contributed by atoms with Crippen LogP contribution in [0.25, 0.3) is 0 Å². The van der Waals surface area contributed by atoms with Crippen LogP contribution in [0.2, 0.25) is 0 Å². The highest BCUT2D eigenvalue weighted by Gasteiger charge is 2.29. The number of halogens is 1. The minimum Gasteiger partial charge on any atom is -0.467 e. The lowest BCUT2D eigenvalue weighted by Gasteiger charge is -2.32. The van der Waals surface area contributed by atoms with Crippen LogP contribution in [0.5, 0.6) is 0 Å². The zero-order chi connectivity index (χ0) is 19.1. The molecule has 0 aromatic carbocycles. The van der Waals surface area contributed by atoms with Crippen LogP contribution in [-0.4, -0.2) is 58.8 Å². The van der Waals surface area contributed by atoms with Crippen molar-refractivity contribution in [3.63, 3.8) is 0 Å². The molecule has 146 valence electrons. The van der Waals surface area contributed by atoms with Gasteiger partial charge in [-0.1, -0.05) is 6.92 Å². The molecule has 26 heavy (non-hydrogen) atoms. The zero-order valence-corrected chi connectivity index (χ0v) is 16.6. The van der Waals surface area contributed by atoms with E-state index in [4.69, 9.17) is 20.8 Å². The summed E-state index contributed by atoms with van der Waals surface area (Å²) in [6.07, 6.45) is 4.33. The second-order valence-corrected chi connectivity index (χ2v) is 7.48. The van der Waals surface area contributed by atoms with E-state index in [1.54, 1.807) is 29.1 Å². The van der Waals surface area contributed by atoms with E-state index in [9.17, 15) is 9.59 Å². The summed E-state index contributed by atoms with van der Waals surface area (Å²) in [5.41, 5.74) is 0. The molecule has 7 heteroatoms. The maximum atomic E-state index is 13.0. The van der Waals surface area contributed by atoms with E-state index in [1.807, 2.05) is 19.9 Å². The number of hydrogen-bond acceptors (Lipinski definition) is 4. The molecule has 1 aliphatic rings. The van der Waals surface area contributed by atoms with Gasteiger partial charge in [0.15, 0.2) is 0 Å². The summed E-state index contributed by atoms with van der Waals surface area (Å²) in [6.45, 7) is 7.16. The van der Waals surface area contributed by atoms with Gasteiger partial charge in [0.05, 0.1) is 18.9 Å². The predicted octanol–water partition coefficient (Wildman–Crippen LogP) is 3.04. The Morgan fingerprint density at radius 3 is 2.69 bits per heavy atom. The second kappa shape index (κ2) is 9.97. The molecular formula is C19H29ClN2O4. The van der Waals surface area contributed by atoms with Crippen molar-refractivity contribution in [2.24, 2.45) is 0 Å². The second-order valence-electron chi connectivity index (χ2n) is 6.83. The third-order valence-electron chi connectivity index (χ3n) is 4.78. The van der Waals surface area contributed by atoms with Gasteiger partial charge in [0.2, 0.25) is 11.8 Å². The van der Waals surface area contributed by atoms with E-state index in [-0.39, 0.29) is 30.5 Å². The van der Waals surface area contributed by atoms with Crippen LogP contribution in [0.1, 0.15) is 45.8 Å². The maximum absolute atomic E-state index is 13.0. The van der Waals surface area contributed by atoms with Gasteiger partial charge >= 0.3 is 0 Å². The predicted molar refractivity (Wildman–Crippen MR) is 99.9 cm³/mol. The summed E-state index contributed by atoms with van der Waals surface area (Å²) in [6, 6.07) is 3.59. The van der Waals surface area contributed by atoms with Crippen LogP contribution >= 0.6 is 11.6 Å². The van der Waals surface area contributed by atoms with E-state index >= 15 is 0 Å².